The van der Waals surface area contributed by atoms with Crippen LogP contribution in [-0.2, 0) is 28.5 Å². The van der Waals surface area contributed by atoms with Crippen molar-refractivity contribution in [3.8, 4) is 45.8 Å². The Morgan fingerprint density at radius 2 is 1.31 bits per heavy atom. The van der Waals surface area contributed by atoms with E-state index in [-0.39, 0.29) is 28.2 Å². The number of hydrogen-bond donors (Lipinski definition) is 13. The van der Waals surface area contributed by atoms with Crippen molar-refractivity contribution in [1.82, 2.24) is 0 Å². The first-order valence-electron chi connectivity index (χ1n) is 19.9. The molecule has 1 aromatic heterocycles. The molecule has 0 saturated carbocycles. The summed E-state index contributed by atoms with van der Waals surface area (Å²) >= 11 is 0. The van der Waals surface area contributed by atoms with Crippen LogP contribution in [0.5, 0.6) is 34.5 Å². The van der Waals surface area contributed by atoms with Gasteiger partial charge in [0, 0.05) is 23.8 Å². The second kappa shape index (κ2) is 19.4. The number of esters is 1. The Balaban J connectivity index is 1.31. The van der Waals surface area contributed by atoms with Crippen LogP contribution in [0.2, 0.25) is 0 Å². The van der Waals surface area contributed by atoms with E-state index in [9.17, 15) is 76.0 Å². The molecule has 7 rings (SSSR count). The fraction of sp³-hybridized carbons (Fsp3) is 0.429. The minimum Gasteiger partial charge on any atom is -0.508 e. The SMILES string of the molecule is CC1O[C@@H](Oc2cc(O)c3c(=O)c(O[C@@H]4OC(CO)[C@@H](O)[C@H](O[C@@H]5OC(CO)[C@@H](O)C(O)C5O)C4OC(=O)/C=C/c4ccc(O)c(O)c4)c(-c4ccc(O)cc4)oc3c2)C(O)[C@@H](O)[C@H]1O. The zero-order valence-electron chi connectivity index (χ0n) is 33.8. The number of benzene rings is 3. The van der Waals surface area contributed by atoms with Crippen LogP contribution < -0.4 is 14.9 Å². The second-order valence-electron chi connectivity index (χ2n) is 15.4. The highest BCUT2D eigenvalue weighted by molar-refractivity contribution is 5.89. The van der Waals surface area contributed by atoms with E-state index < -0.39 is 151 Å². The van der Waals surface area contributed by atoms with E-state index in [4.69, 9.17) is 37.6 Å². The van der Waals surface area contributed by atoms with Crippen LogP contribution in [0.15, 0.2) is 69.9 Å². The molecular formula is C42H46O23. The number of aromatic hydroxyl groups is 4. The molecule has 0 radical (unpaired) electrons. The quantitative estimate of drug-likeness (QED) is 0.0406. The lowest BCUT2D eigenvalue weighted by Gasteiger charge is -2.46. The van der Waals surface area contributed by atoms with Crippen LogP contribution >= 0.6 is 0 Å². The Labute approximate surface area is 365 Å². The van der Waals surface area contributed by atoms with Crippen molar-refractivity contribution in [3.05, 3.63) is 76.5 Å². The van der Waals surface area contributed by atoms with Crippen molar-refractivity contribution in [2.24, 2.45) is 0 Å². The van der Waals surface area contributed by atoms with E-state index in [0.29, 0.717) is 0 Å². The Hall–Kier alpha value is -5.64. The van der Waals surface area contributed by atoms with E-state index >= 15 is 0 Å². The molecule has 0 aliphatic carbocycles. The number of hydrogen-bond acceptors (Lipinski definition) is 23. The van der Waals surface area contributed by atoms with Crippen LogP contribution in [0.1, 0.15) is 12.5 Å². The Bertz CT molecular complexity index is 2400. The van der Waals surface area contributed by atoms with Gasteiger partial charge in [0.05, 0.1) is 19.3 Å². The topological polar surface area (TPSA) is 375 Å². The first-order valence-corrected chi connectivity index (χ1v) is 19.9. The molecule has 3 fully saturated rings. The number of ether oxygens (including phenoxy) is 7. The monoisotopic (exact) mass is 918 g/mol. The number of aliphatic hydroxyl groups is 9. The third kappa shape index (κ3) is 9.68. The molecule has 3 aliphatic heterocycles. The number of phenols is 4. The fourth-order valence-corrected chi connectivity index (χ4v) is 7.33. The molecule has 0 amide bonds. The Morgan fingerprint density at radius 3 is 1.98 bits per heavy atom. The highest BCUT2D eigenvalue weighted by atomic mass is 16.8. The third-order valence-electron chi connectivity index (χ3n) is 10.9. The molecule has 7 unspecified atom stereocenters. The normalized spacial score (nSPS) is 32.9. The molecule has 352 valence electrons. The molecule has 15 atom stereocenters. The number of aliphatic hydroxyl groups excluding tert-OH is 9. The fourth-order valence-electron chi connectivity index (χ4n) is 7.33. The highest BCUT2D eigenvalue weighted by Crippen LogP contribution is 2.40. The van der Waals surface area contributed by atoms with Crippen molar-refractivity contribution in [1.29, 1.82) is 0 Å². The summed E-state index contributed by atoms with van der Waals surface area (Å²) in [5, 5.41) is 135. The van der Waals surface area contributed by atoms with Gasteiger partial charge in [-0.1, -0.05) is 6.07 Å². The Kier molecular flexibility index (Phi) is 14.2. The predicted octanol–water partition coefficient (Wildman–Crippen LogP) is -2.24. The Morgan fingerprint density at radius 1 is 0.662 bits per heavy atom. The standard InChI is InChI=1S/C42H46O23/c1-15-28(50)32(54)34(56)40(58-15)59-19-11-22(48)27-23(12-19)60-36(17-4-6-18(45)7-5-17)38(31(27)53)65-42-39(63-26(49)9-3-16-2-8-20(46)21(47)10-16)37(30(52)25(14-44)62-42)64-41-35(57)33(55)29(51)24(13-43)61-41/h2-12,15,24-25,28-30,32-35,37,39-48,50-52,54-57H,13-14H2,1H3/b9-3+/t15?,24?,25?,28-,29+,30+,32-,33?,34?,35?,37-,39?,40-,41-,42-/m0/s1. The van der Waals surface area contributed by atoms with Gasteiger partial charge >= 0.3 is 5.97 Å². The summed E-state index contributed by atoms with van der Waals surface area (Å²) in [6.45, 7) is -0.466. The highest BCUT2D eigenvalue weighted by Gasteiger charge is 2.54. The molecule has 4 aromatic rings. The van der Waals surface area contributed by atoms with E-state index in [1.165, 1.54) is 37.3 Å². The summed E-state index contributed by atoms with van der Waals surface area (Å²) in [5.74, 6) is -4.68. The third-order valence-corrected chi connectivity index (χ3v) is 10.9. The van der Waals surface area contributed by atoms with Gasteiger partial charge in [-0.3, -0.25) is 4.79 Å². The molecule has 23 heteroatoms. The number of carbonyl (C=O) groups is 1. The second-order valence-corrected chi connectivity index (χ2v) is 15.4. The van der Waals surface area contributed by atoms with Gasteiger partial charge in [0.25, 0.3) is 0 Å². The minimum atomic E-state index is -2.10. The van der Waals surface area contributed by atoms with Crippen LogP contribution in [0, 0.1) is 0 Å². The van der Waals surface area contributed by atoms with E-state index in [0.717, 1.165) is 36.4 Å². The van der Waals surface area contributed by atoms with Gasteiger partial charge in [0.1, 0.15) is 89.3 Å². The molecular weight excluding hydrogens is 872 g/mol. The molecule has 4 heterocycles. The predicted molar refractivity (Wildman–Crippen MR) is 214 cm³/mol. The van der Waals surface area contributed by atoms with Gasteiger partial charge in [-0.05, 0) is 55.0 Å². The maximum atomic E-state index is 14.6. The number of phenolic OH excluding ortho intramolecular Hbond substituents is 4. The summed E-state index contributed by atoms with van der Waals surface area (Å²) in [6.07, 6.45) is -24.7. The van der Waals surface area contributed by atoms with Crippen molar-refractivity contribution < 1.29 is 109 Å². The summed E-state index contributed by atoms with van der Waals surface area (Å²) in [5.41, 5.74) is -1.27. The largest absolute Gasteiger partial charge is 0.508 e. The summed E-state index contributed by atoms with van der Waals surface area (Å²) in [4.78, 5) is 28.1. The average Bonchev–Trinajstić information content (AvgIpc) is 3.28. The van der Waals surface area contributed by atoms with Crippen molar-refractivity contribution in [2.75, 3.05) is 13.2 Å². The lowest BCUT2D eigenvalue weighted by atomic mass is 9.96. The maximum Gasteiger partial charge on any atom is 0.331 e. The molecule has 0 bridgehead atoms. The smallest absolute Gasteiger partial charge is 0.331 e. The van der Waals surface area contributed by atoms with Gasteiger partial charge in [0.15, 0.2) is 29.7 Å². The van der Waals surface area contributed by atoms with Gasteiger partial charge in [0.2, 0.25) is 23.8 Å². The van der Waals surface area contributed by atoms with Crippen molar-refractivity contribution in [2.45, 2.75) is 99.0 Å². The number of fused-ring (bicyclic) bond motifs is 1. The molecule has 3 saturated heterocycles. The minimum absolute atomic E-state index is 0.0388. The molecule has 0 spiro atoms. The van der Waals surface area contributed by atoms with Gasteiger partial charge in [-0.25, -0.2) is 4.79 Å². The zero-order chi connectivity index (χ0) is 47.0. The lowest BCUT2D eigenvalue weighted by molar-refractivity contribution is -0.353. The summed E-state index contributed by atoms with van der Waals surface area (Å²) in [7, 11) is 0. The summed E-state index contributed by atoms with van der Waals surface area (Å²) in [6, 6.07) is 10.6. The van der Waals surface area contributed by atoms with Gasteiger partial charge in [-0.15, -0.1) is 0 Å². The van der Waals surface area contributed by atoms with Crippen LogP contribution in [0.4, 0.5) is 0 Å². The molecule has 65 heavy (non-hydrogen) atoms. The first-order chi connectivity index (χ1) is 30.9. The van der Waals surface area contributed by atoms with Crippen LogP contribution in [0.25, 0.3) is 28.4 Å². The van der Waals surface area contributed by atoms with Gasteiger partial charge < -0.3 is 104 Å². The van der Waals surface area contributed by atoms with E-state index in [1.54, 1.807) is 0 Å². The van der Waals surface area contributed by atoms with E-state index in [2.05, 4.69) is 0 Å². The summed E-state index contributed by atoms with van der Waals surface area (Å²) < 4.78 is 46.4. The lowest BCUT2D eigenvalue weighted by Crippen LogP contribution is -2.66. The average molecular weight is 919 g/mol. The first kappa shape index (κ1) is 47.3. The molecule has 3 aliphatic rings. The number of rotatable bonds is 12. The van der Waals surface area contributed by atoms with Crippen molar-refractivity contribution >= 4 is 23.0 Å². The zero-order valence-corrected chi connectivity index (χ0v) is 33.8. The van der Waals surface area contributed by atoms with Crippen molar-refractivity contribution in [3.63, 3.8) is 0 Å². The van der Waals surface area contributed by atoms with Gasteiger partial charge in [-0.2, -0.15) is 0 Å². The molecule has 3 aromatic carbocycles. The van der Waals surface area contributed by atoms with Crippen LogP contribution in [-0.4, -0.2) is 178 Å². The maximum absolute atomic E-state index is 14.6. The number of carbonyl (C=O) groups excluding carboxylic acids is 1. The van der Waals surface area contributed by atoms with E-state index in [1.807, 2.05) is 0 Å². The van der Waals surface area contributed by atoms with Crippen LogP contribution in [0.3, 0.4) is 0 Å². The molecule has 23 nitrogen and oxygen atoms in total. The molecule has 13 N–H and O–H groups in total.